The smallest absolute Gasteiger partial charge is 0.173 e. The van der Waals surface area contributed by atoms with E-state index in [-0.39, 0.29) is 5.84 Å². The van der Waals surface area contributed by atoms with Crippen LogP contribution >= 0.6 is 0 Å². The van der Waals surface area contributed by atoms with E-state index >= 15 is 0 Å². The number of oxime groups is 1. The van der Waals surface area contributed by atoms with Gasteiger partial charge in [0.1, 0.15) is 5.75 Å². The Kier molecular flexibility index (Phi) is 4.49. The molecule has 1 aromatic rings. The normalized spacial score (nSPS) is 24.1. The van der Waals surface area contributed by atoms with Gasteiger partial charge in [-0.2, -0.15) is 0 Å². The second-order valence-electron chi connectivity index (χ2n) is 5.64. The van der Waals surface area contributed by atoms with E-state index in [0.29, 0.717) is 17.4 Å². The molecule has 1 aromatic carbocycles. The van der Waals surface area contributed by atoms with Gasteiger partial charge in [-0.3, -0.25) is 4.90 Å². The van der Waals surface area contributed by atoms with Crippen molar-refractivity contribution in [2.75, 3.05) is 13.7 Å². The third-order valence-electron chi connectivity index (χ3n) is 3.95. The maximum atomic E-state index is 8.86. The summed E-state index contributed by atoms with van der Waals surface area (Å²) in [5.41, 5.74) is 7.48. The Morgan fingerprint density at radius 1 is 1.50 bits per heavy atom. The summed E-state index contributed by atoms with van der Waals surface area (Å²) in [6.45, 7) is 6.54. The van der Waals surface area contributed by atoms with Crippen molar-refractivity contribution in [1.82, 2.24) is 4.90 Å². The molecule has 20 heavy (non-hydrogen) atoms. The molecular formula is C15H23N3O2. The van der Waals surface area contributed by atoms with Gasteiger partial charge >= 0.3 is 0 Å². The molecule has 3 N–H and O–H groups in total. The largest absolute Gasteiger partial charge is 0.496 e. The van der Waals surface area contributed by atoms with Gasteiger partial charge in [0.25, 0.3) is 0 Å². The summed E-state index contributed by atoms with van der Waals surface area (Å²) in [5, 5.41) is 11.9. The highest BCUT2D eigenvalue weighted by molar-refractivity contribution is 5.99. The predicted molar refractivity (Wildman–Crippen MR) is 79.2 cm³/mol. The van der Waals surface area contributed by atoms with Crippen LogP contribution in [0.3, 0.4) is 0 Å². The monoisotopic (exact) mass is 277 g/mol. The Morgan fingerprint density at radius 3 is 2.80 bits per heavy atom. The number of amidine groups is 1. The Bertz CT molecular complexity index is 502. The number of nitrogens with zero attached hydrogens (tertiary/aromatic N) is 2. The third kappa shape index (κ3) is 3.04. The Labute approximate surface area is 120 Å². The van der Waals surface area contributed by atoms with Crippen LogP contribution in [-0.2, 0) is 6.54 Å². The lowest BCUT2D eigenvalue weighted by Crippen LogP contribution is -2.26. The number of hydrogen-bond donors (Lipinski definition) is 2. The number of rotatable bonds is 4. The number of nitrogens with two attached hydrogens (primary N) is 1. The molecule has 5 heteroatoms. The summed E-state index contributed by atoms with van der Waals surface area (Å²) in [6.07, 6.45) is 1.24. The highest BCUT2D eigenvalue weighted by Crippen LogP contribution is 2.26. The van der Waals surface area contributed by atoms with Crippen LogP contribution in [0.5, 0.6) is 5.75 Å². The van der Waals surface area contributed by atoms with E-state index < -0.39 is 0 Å². The minimum atomic E-state index is 0.0755. The molecule has 0 bridgehead atoms. The van der Waals surface area contributed by atoms with Crippen LogP contribution in [0.25, 0.3) is 0 Å². The molecule has 0 aromatic heterocycles. The molecule has 0 radical (unpaired) electrons. The number of likely N-dealkylation sites (tertiary alicyclic amines) is 1. The van der Waals surface area contributed by atoms with Crippen LogP contribution in [0.15, 0.2) is 23.4 Å². The molecule has 2 atom stereocenters. The van der Waals surface area contributed by atoms with Gasteiger partial charge in [-0.1, -0.05) is 18.1 Å². The lowest BCUT2D eigenvalue weighted by Gasteiger charge is -2.21. The topological polar surface area (TPSA) is 71.1 Å². The zero-order valence-corrected chi connectivity index (χ0v) is 12.3. The molecule has 0 spiro atoms. The SMILES string of the molecule is COc1ccc(CN2CC(C)CC2C)cc1/C(N)=N/O. The molecule has 1 heterocycles. The lowest BCUT2D eigenvalue weighted by atomic mass is 10.1. The van der Waals surface area contributed by atoms with Crippen LogP contribution < -0.4 is 10.5 Å². The van der Waals surface area contributed by atoms with E-state index in [1.807, 2.05) is 18.2 Å². The zero-order chi connectivity index (χ0) is 14.7. The lowest BCUT2D eigenvalue weighted by molar-refractivity contribution is 0.256. The van der Waals surface area contributed by atoms with E-state index in [1.165, 1.54) is 6.42 Å². The summed E-state index contributed by atoms with van der Waals surface area (Å²) in [4.78, 5) is 2.46. The van der Waals surface area contributed by atoms with E-state index in [4.69, 9.17) is 15.7 Å². The van der Waals surface area contributed by atoms with Gasteiger partial charge in [0.2, 0.25) is 0 Å². The molecule has 1 fully saturated rings. The van der Waals surface area contributed by atoms with Crippen molar-refractivity contribution in [3.63, 3.8) is 0 Å². The van der Waals surface area contributed by atoms with Crippen molar-refractivity contribution >= 4 is 5.84 Å². The third-order valence-corrected chi connectivity index (χ3v) is 3.95. The first-order valence-electron chi connectivity index (χ1n) is 6.94. The predicted octanol–water partition coefficient (Wildman–Crippen LogP) is 2.02. The molecule has 1 aliphatic rings. The van der Waals surface area contributed by atoms with Crippen molar-refractivity contribution in [2.24, 2.45) is 16.8 Å². The fraction of sp³-hybridized carbons (Fsp3) is 0.533. The van der Waals surface area contributed by atoms with E-state index in [1.54, 1.807) is 7.11 Å². The fourth-order valence-electron chi connectivity index (χ4n) is 2.95. The van der Waals surface area contributed by atoms with Crippen LogP contribution in [0.4, 0.5) is 0 Å². The standard InChI is InChI=1S/C15H23N3O2/c1-10-6-11(2)18(8-10)9-12-4-5-14(20-3)13(7-12)15(16)17-19/h4-5,7,10-11,19H,6,8-9H2,1-3H3,(H2,16,17). The van der Waals surface area contributed by atoms with Crippen LogP contribution in [0, 0.1) is 5.92 Å². The van der Waals surface area contributed by atoms with Crippen LogP contribution in [0.1, 0.15) is 31.4 Å². The molecule has 0 amide bonds. The summed E-state index contributed by atoms with van der Waals surface area (Å²) in [6, 6.07) is 6.43. The molecule has 1 saturated heterocycles. The quantitative estimate of drug-likeness (QED) is 0.382. The summed E-state index contributed by atoms with van der Waals surface area (Å²) in [5.74, 6) is 1.44. The van der Waals surface area contributed by atoms with E-state index in [2.05, 4.69) is 23.9 Å². The Hall–Kier alpha value is -1.75. The maximum Gasteiger partial charge on any atom is 0.173 e. The first kappa shape index (κ1) is 14.7. The van der Waals surface area contributed by atoms with Crippen molar-refractivity contribution < 1.29 is 9.94 Å². The van der Waals surface area contributed by atoms with Gasteiger partial charge < -0.3 is 15.7 Å². The van der Waals surface area contributed by atoms with Gasteiger partial charge in [0.05, 0.1) is 12.7 Å². The van der Waals surface area contributed by atoms with Crippen molar-refractivity contribution in [2.45, 2.75) is 32.9 Å². The summed E-state index contributed by atoms with van der Waals surface area (Å²) in [7, 11) is 1.58. The molecular weight excluding hydrogens is 254 g/mol. The second kappa shape index (κ2) is 6.13. The minimum absolute atomic E-state index is 0.0755. The highest BCUT2D eigenvalue weighted by atomic mass is 16.5. The minimum Gasteiger partial charge on any atom is -0.496 e. The molecule has 2 rings (SSSR count). The Balaban J connectivity index is 2.21. The first-order chi connectivity index (χ1) is 9.55. The number of methoxy groups -OCH3 is 1. The average Bonchev–Trinajstić information content (AvgIpc) is 2.76. The first-order valence-corrected chi connectivity index (χ1v) is 6.94. The van der Waals surface area contributed by atoms with Gasteiger partial charge in [-0.15, -0.1) is 0 Å². The van der Waals surface area contributed by atoms with Gasteiger partial charge in [-0.25, -0.2) is 0 Å². The molecule has 2 unspecified atom stereocenters. The molecule has 0 aliphatic carbocycles. The van der Waals surface area contributed by atoms with Gasteiger partial charge in [0.15, 0.2) is 5.84 Å². The molecule has 1 aliphatic heterocycles. The van der Waals surface area contributed by atoms with Crippen molar-refractivity contribution in [1.29, 1.82) is 0 Å². The highest BCUT2D eigenvalue weighted by Gasteiger charge is 2.26. The molecule has 5 nitrogen and oxygen atoms in total. The van der Waals surface area contributed by atoms with Gasteiger partial charge in [0, 0.05) is 19.1 Å². The summed E-state index contributed by atoms with van der Waals surface area (Å²) < 4.78 is 5.25. The van der Waals surface area contributed by atoms with Gasteiger partial charge in [-0.05, 0) is 37.0 Å². The van der Waals surface area contributed by atoms with Crippen LogP contribution in [-0.4, -0.2) is 35.6 Å². The molecule has 110 valence electrons. The number of ether oxygens (including phenoxy) is 1. The van der Waals surface area contributed by atoms with E-state index in [9.17, 15) is 0 Å². The average molecular weight is 277 g/mol. The zero-order valence-electron chi connectivity index (χ0n) is 12.3. The number of benzene rings is 1. The van der Waals surface area contributed by atoms with Crippen molar-refractivity contribution in [3.8, 4) is 5.75 Å². The maximum absolute atomic E-state index is 8.86. The molecule has 0 saturated carbocycles. The van der Waals surface area contributed by atoms with E-state index in [0.717, 1.165) is 24.6 Å². The summed E-state index contributed by atoms with van der Waals surface area (Å²) >= 11 is 0. The van der Waals surface area contributed by atoms with Crippen LogP contribution in [0.2, 0.25) is 0 Å². The number of hydrogen-bond acceptors (Lipinski definition) is 4. The second-order valence-corrected chi connectivity index (χ2v) is 5.64. The van der Waals surface area contributed by atoms with Crippen molar-refractivity contribution in [3.05, 3.63) is 29.3 Å². The fourth-order valence-corrected chi connectivity index (χ4v) is 2.95. The Morgan fingerprint density at radius 2 is 2.25 bits per heavy atom.